The van der Waals surface area contributed by atoms with Crippen LogP contribution >= 0.6 is 23.5 Å². The molecule has 0 saturated heterocycles. The third-order valence-corrected chi connectivity index (χ3v) is 3.84. The first kappa shape index (κ1) is 21.1. The predicted molar refractivity (Wildman–Crippen MR) is 101 cm³/mol. The topological polar surface area (TPSA) is 74.2 Å². The fourth-order valence-corrected chi connectivity index (χ4v) is 2.58. The molecule has 25 heavy (non-hydrogen) atoms. The number of hydrogen-bond acceptors (Lipinski definition) is 4. The van der Waals surface area contributed by atoms with Gasteiger partial charge in [0, 0.05) is 30.1 Å². The van der Waals surface area contributed by atoms with Crippen LogP contribution in [-0.2, 0) is 4.74 Å². The fourth-order valence-electron chi connectivity index (χ4n) is 1.69. The number of amidine groups is 1. The van der Waals surface area contributed by atoms with Crippen molar-refractivity contribution in [1.29, 1.82) is 0 Å². The van der Waals surface area contributed by atoms with Crippen molar-refractivity contribution in [3.05, 3.63) is 29.3 Å². The van der Waals surface area contributed by atoms with Crippen molar-refractivity contribution in [3.63, 3.8) is 0 Å². The molecule has 0 heterocycles. The SMILES string of the molecule is CCOC(=NC(=O)N(C)C)N(C(=O)NSc1cccc(Cl)c1)C(C)C. The molecule has 0 aliphatic rings. The van der Waals surface area contributed by atoms with Crippen LogP contribution in [0.15, 0.2) is 34.2 Å². The van der Waals surface area contributed by atoms with Crippen LogP contribution in [0.2, 0.25) is 5.02 Å². The molecule has 7 nitrogen and oxygen atoms in total. The van der Waals surface area contributed by atoms with Gasteiger partial charge in [-0.05, 0) is 50.9 Å². The lowest BCUT2D eigenvalue weighted by Gasteiger charge is -2.27. The number of halogens is 1. The summed E-state index contributed by atoms with van der Waals surface area (Å²) in [6.07, 6.45) is 0. The van der Waals surface area contributed by atoms with E-state index in [4.69, 9.17) is 16.3 Å². The Kier molecular flexibility index (Phi) is 8.57. The highest BCUT2D eigenvalue weighted by Gasteiger charge is 2.25. The molecule has 0 radical (unpaired) electrons. The Morgan fingerprint density at radius 3 is 2.56 bits per heavy atom. The molecule has 0 aliphatic carbocycles. The van der Waals surface area contributed by atoms with E-state index in [1.54, 1.807) is 53.1 Å². The average Bonchev–Trinajstić information content (AvgIpc) is 2.52. The minimum Gasteiger partial charge on any atom is -0.465 e. The largest absolute Gasteiger partial charge is 0.465 e. The van der Waals surface area contributed by atoms with Crippen molar-refractivity contribution >= 4 is 41.6 Å². The second-order valence-electron chi connectivity index (χ2n) is 5.43. The van der Waals surface area contributed by atoms with Crippen LogP contribution in [0.3, 0.4) is 0 Å². The van der Waals surface area contributed by atoms with Gasteiger partial charge in [-0.15, -0.1) is 4.99 Å². The summed E-state index contributed by atoms with van der Waals surface area (Å²) in [5, 5.41) is 0.577. The summed E-state index contributed by atoms with van der Waals surface area (Å²) in [4.78, 5) is 31.7. The van der Waals surface area contributed by atoms with E-state index < -0.39 is 12.1 Å². The first-order chi connectivity index (χ1) is 11.8. The maximum Gasteiger partial charge on any atom is 0.347 e. The monoisotopic (exact) mass is 386 g/mol. The number of ether oxygens (including phenoxy) is 1. The Balaban J connectivity index is 2.94. The zero-order valence-electron chi connectivity index (χ0n) is 14.9. The standard InChI is InChI=1S/C16H23ClN4O3S/c1-6-24-16(18-14(22)20(4)5)21(11(2)3)15(23)19-25-13-9-7-8-12(17)10-13/h7-11H,6H2,1-5H3,(H,19,23). The van der Waals surface area contributed by atoms with Gasteiger partial charge < -0.3 is 9.64 Å². The number of benzene rings is 1. The number of aliphatic imine (C=N–C) groups is 1. The van der Waals surface area contributed by atoms with Crippen LogP contribution in [0.5, 0.6) is 0 Å². The first-order valence-electron chi connectivity index (χ1n) is 7.70. The normalized spacial score (nSPS) is 11.2. The van der Waals surface area contributed by atoms with Crippen LogP contribution in [0.1, 0.15) is 20.8 Å². The fraction of sp³-hybridized carbons (Fsp3) is 0.438. The molecule has 4 amide bonds. The molecule has 0 aliphatic heterocycles. The lowest BCUT2D eigenvalue weighted by Crippen LogP contribution is -2.47. The van der Waals surface area contributed by atoms with Crippen molar-refractivity contribution < 1.29 is 14.3 Å². The Labute approximate surface area is 157 Å². The van der Waals surface area contributed by atoms with Crippen LogP contribution in [0.4, 0.5) is 9.59 Å². The second kappa shape index (κ2) is 10.1. The minimum absolute atomic E-state index is 0.0413. The number of nitrogens with one attached hydrogen (secondary N) is 1. The van der Waals surface area contributed by atoms with Gasteiger partial charge in [0.2, 0.25) is 0 Å². The highest BCUT2D eigenvalue weighted by molar-refractivity contribution is 7.98. The molecule has 0 unspecified atom stereocenters. The number of rotatable bonds is 4. The summed E-state index contributed by atoms with van der Waals surface area (Å²) < 4.78 is 8.12. The van der Waals surface area contributed by atoms with Crippen LogP contribution < -0.4 is 4.72 Å². The maximum atomic E-state index is 12.6. The quantitative estimate of drug-likeness (QED) is 0.484. The Hall–Kier alpha value is -1.93. The highest BCUT2D eigenvalue weighted by Crippen LogP contribution is 2.19. The molecule has 1 rings (SSSR count). The Bertz CT molecular complexity index is 638. The molecule has 0 spiro atoms. The van der Waals surface area contributed by atoms with Gasteiger partial charge in [0.1, 0.15) is 0 Å². The molecule has 0 fully saturated rings. The minimum atomic E-state index is -0.510. The van der Waals surface area contributed by atoms with Gasteiger partial charge in [-0.2, -0.15) is 0 Å². The van der Waals surface area contributed by atoms with Crippen molar-refractivity contribution in [2.45, 2.75) is 31.7 Å². The Morgan fingerprint density at radius 2 is 2.04 bits per heavy atom. The predicted octanol–water partition coefficient (Wildman–Crippen LogP) is 3.84. The smallest absolute Gasteiger partial charge is 0.347 e. The number of carbonyl (C=O) groups is 2. The van der Waals surface area contributed by atoms with Gasteiger partial charge in [-0.3, -0.25) is 4.72 Å². The number of amides is 4. The van der Waals surface area contributed by atoms with E-state index in [-0.39, 0.29) is 18.7 Å². The van der Waals surface area contributed by atoms with E-state index in [1.165, 1.54) is 9.80 Å². The highest BCUT2D eigenvalue weighted by atomic mass is 35.5. The van der Waals surface area contributed by atoms with E-state index in [9.17, 15) is 9.59 Å². The van der Waals surface area contributed by atoms with E-state index in [0.29, 0.717) is 5.02 Å². The molecule has 1 aromatic carbocycles. The average molecular weight is 387 g/mol. The molecule has 0 atom stereocenters. The van der Waals surface area contributed by atoms with E-state index in [0.717, 1.165) is 16.8 Å². The lowest BCUT2D eigenvalue weighted by atomic mass is 10.3. The number of hydrogen-bond donors (Lipinski definition) is 1. The first-order valence-corrected chi connectivity index (χ1v) is 8.90. The molecule has 0 aromatic heterocycles. The van der Waals surface area contributed by atoms with E-state index >= 15 is 0 Å². The molecular formula is C16H23ClN4O3S. The van der Waals surface area contributed by atoms with Crippen molar-refractivity contribution in [2.75, 3.05) is 20.7 Å². The summed E-state index contributed by atoms with van der Waals surface area (Å²) >= 11 is 7.05. The number of urea groups is 2. The van der Waals surface area contributed by atoms with Crippen molar-refractivity contribution in [2.24, 2.45) is 4.99 Å². The van der Waals surface area contributed by atoms with Gasteiger partial charge in [0.05, 0.1) is 6.61 Å². The second-order valence-corrected chi connectivity index (χ2v) is 6.75. The van der Waals surface area contributed by atoms with Crippen LogP contribution in [-0.4, -0.2) is 54.6 Å². The summed E-state index contributed by atoms with van der Waals surface area (Å²) in [6, 6.07) is 5.84. The lowest BCUT2D eigenvalue weighted by molar-refractivity contribution is 0.193. The molecule has 0 bridgehead atoms. The van der Waals surface area contributed by atoms with E-state index in [1.807, 2.05) is 6.07 Å². The summed E-state index contributed by atoms with van der Waals surface area (Å²) in [5.41, 5.74) is 0. The van der Waals surface area contributed by atoms with Crippen LogP contribution in [0.25, 0.3) is 0 Å². The van der Waals surface area contributed by atoms with Crippen molar-refractivity contribution in [1.82, 2.24) is 14.5 Å². The molecule has 138 valence electrons. The third-order valence-electron chi connectivity index (χ3n) is 2.84. The molecule has 1 aromatic rings. The molecule has 0 saturated carbocycles. The Morgan fingerprint density at radius 1 is 1.36 bits per heavy atom. The van der Waals surface area contributed by atoms with Gasteiger partial charge in [-0.1, -0.05) is 17.7 Å². The number of nitrogens with zero attached hydrogens (tertiary/aromatic N) is 3. The van der Waals surface area contributed by atoms with Gasteiger partial charge in [0.15, 0.2) is 0 Å². The van der Waals surface area contributed by atoms with Gasteiger partial charge in [-0.25, -0.2) is 14.5 Å². The van der Waals surface area contributed by atoms with Crippen molar-refractivity contribution in [3.8, 4) is 0 Å². The molecule has 1 N–H and O–H groups in total. The van der Waals surface area contributed by atoms with Gasteiger partial charge in [0.25, 0.3) is 0 Å². The summed E-state index contributed by atoms with van der Waals surface area (Å²) in [7, 11) is 3.15. The molecule has 9 heteroatoms. The van der Waals surface area contributed by atoms with Gasteiger partial charge >= 0.3 is 18.1 Å². The van der Waals surface area contributed by atoms with E-state index in [2.05, 4.69) is 9.71 Å². The number of carbonyl (C=O) groups excluding carboxylic acids is 2. The molecular weight excluding hydrogens is 364 g/mol. The third kappa shape index (κ3) is 6.83. The maximum absolute atomic E-state index is 12.6. The zero-order valence-corrected chi connectivity index (χ0v) is 16.5. The van der Waals surface area contributed by atoms with Crippen LogP contribution in [0, 0.1) is 0 Å². The summed E-state index contributed by atoms with van der Waals surface area (Å²) in [5.74, 6) is 0. The summed E-state index contributed by atoms with van der Waals surface area (Å²) in [6.45, 7) is 5.64. The zero-order chi connectivity index (χ0) is 19.0.